The molecule has 0 aromatic heterocycles. The van der Waals surface area contributed by atoms with Crippen molar-refractivity contribution in [2.45, 2.75) is 12.2 Å². The molecule has 2 atom stereocenters. The minimum Gasteiger partial charge on any atom is -0.504 e. The molecular weight excluding hydrogens is 316 g/mol. The summed E-state index contributed by atoms with van der Waals surface area (Å²) < 4.78 is 15.6. The number of ether oxygens (including phenoxy) is 3. The highest BCUT2D eigenvalue weighted by Gasteiger charge is 2.23. The van der Waals surface area contributed by atoms with Gasteiger partial charge in [-0.2, -0.15) is 0 Å². The first-order valence-electron chi connectivity index (χ1n) is 7.19. The number of methoxy groups -OCH3 is 2. The van der Waals surface area contributed by atoms with Gasteiger partial charge in [0.15, 0.2) is 29.1 Å². The highest BCUT2D eigenvalue weighted by molar-refractivity contribution is 5.45. The Morgan fingerprint density at radius 1 is 0.917 bits per heavy atom. The Hall–Kier alpha value is -2.64. The van der Waals surface area contributed by atoms with E-state index in [0.717, 1.165) is 0 Å². The highest BCUT2D eigenvalue weighted by atomic mass is 16.5. The van der Waals surface area contributed by atoms with E-state index in [2.05, 4.69) is 0 Å². The monoisotopic (exact) mass is 336 g/mol. The van der Waals surface area contributed by atoms with Gasteiger partial charge in [0.05, 0.1) is 20.8 Å². The Bertz CT molecular complexity index is 687. The van der Waals surface area contributed by atoms with Gasteiger partial charge in [0, 0.05) is 6.07 Å². The number of hydrogen-bond acceptors (Lipinski definition) is 7. The molecule has 24 heavy (non-hydrogen) atoms. The van der Waals surface area contributed by atoms with Gasteiger partial charge >= 0.3 is 0 Å². The van der Waals surface area contributed by atoms with Gasteiger partial charge in [-0.25, -0.2) is 0 Å². The molecule has 0 aliphatic heterocycles. The molecule has 0 heterocycles. The van der Waals surface area contributed by atoms with Crippen molar-refractivity contribution < 1.29 is 34.6 Å². The van der Waals surface area contributed by atoms with Crippen LogP contribution in [0.4, 0.5) is 0 Å². The standard InChI is InChI=1S/C17H20O7/c1-22-14-7-10(3-5-12(14)19)17(21)16(9-18)24-11-4-6-13(20)15(8-11)23-2/h3-8,16-21H,9H2,1-2H3. The van der Waals surface area contributed by atoms with E-state index >= 15 is 0 Å². The highest BCUT2D eigenvalue weighted by Crippen LogP contribution is 2.33. The number of benzene rings is 2. The van der Waals surface area contributed by atoms with E-state index in [4.69, 9.17) is 14.2 Å². The first kappa shape index (κ1) is 17.7. The largest absolute Gasteiger partial charge is 0.504 e. The van der Waals surface area contributed by atoms with Crippen LogP contribution in [-0.2, 0) is 0 Å². The van der Waals surface area contributed by atoms with Crippen molar-refractivity contribution in [3.63, 3.8) is 0 Å². The van der Waals surface area contributed by atoms with Crippen LogP contribution in [0.1, 0.15) is 11.7 Å². The SMILES string of the molecule is COc1cc(OC(CO)C(O)c2ccc(O)c(OC)c2)ccc1O. The summed E-state index contributed by atoms with van der Waals surface area (Å²) in [5.74, 6) is 0.625. The lowest BCUT2D eigenvalue weighted by Crippen LogP contribution is -2.29. The Morgan fingerprint density at radius 2 is 1.50 bits per heavy atom. The van der Waals surface area contributed by atoms with Crippen LogP contribution in [0.2, 0.25) is 0 Å². The topological polar surface area (TPSA) is 109 Å². The lowest BCUT2D eigenvalue weighted by Gasteiger charge is -2.23. The van der Waals surface area contributed by atoms with Gasteiger partial charge in [-0.3, -0.25) is 0 Å². The fourth-order valence-electron chi connectivity index (χ4n) is 2.20. The van der Waals surface area contributed by atoms with Crippen LogP contribution in [0.25, 0.3) is 0 Å². The molecule has 0 bridgehead atoms. The Balaban J connectivity index is 2.21. The molecule has 4 N–H and O–H groups in total. The number of aromatic hydroxyl groups is 2. The Kier molecular flexibility index (Phi) is 5.73. The van der Waals surface area contributed by atoms with Crippen molar-refractivity contribution in [2.24, 2.45) is 0 Å². The lowest BCUT2D eigenvalue weighted by molar-refractivity contribution is 0.000545. The van der Waals surface area contributed by atoms with Crippen LogP contribution in [0, 0.1) is 0 Å². The molecule has 0 spiro atoms. The normalized spacial score (nSPS) is 13.2. The van der Waals surface area contributed by atoms with E-state index in [0.29, 0.717) is 11.3 Å². The summed E-state index contributed by atoms with van der Waals surface area (Å²) >= 11 is 0. The first-order chi connectivity index (χ1) is 11.5. The van der Waals surface area contributed by atoms with E-state index in [1.165, 1.54) is 50.6 Å². The molecule has 7 heteroatoms. The first-order valence-corrected chi connectivity index (χ1v) is 7.19. The van der Waals surface area contributed by atoms with Gasteiger partial charge < -0.3 is 34.6 Å². The summed E-state index contributed by atoms with van der Waals surface area (Å²) in [4.78, 5) is 0. The van der Waals surface area contributed by atoms with E-state index in [-0.39, 0.29) is 23.0 Å². The average molecular weight is 336 g/mol. The number of hydrogen-bond donors (Lipinski definition) is 4. The van der Waals surface area contributed by atoms with E-state index in [1.807, 2.05) is 0 Å². The second-order valence-corrected chi connectivity index (χ2v) is 5.05. The van der Waals surface area contributed by atoms with Gasteiger partial charge in [0.2, 0.25) is 0 Å². The quantitative estimate of drug-likeness (QED) is 0.608. The molecule has 2 aromatic rings. The molecule has 130 valence electrons. The second kappa shape index (κ2) is 7.76. The van der Waals surface area contributed by atoms with Crippen molar-refractivity contribution in [3.05, 3.63) is 42.0 Å². The molecule has 0 radical (unpaired) electrons. The van der Waals surface area contributed by atoms with E-state index < -0.39 is 18.8 Å². The summed E-state index contributed by atoms with van der Waals surface area (Å²) in [6.07, 6.45) is -2.13. The summed E-state index contributed by atoms with van der Waals surface area (Å²) in [5, 5.41) is 39.2. The van der Waals surface area contributed by atoms with Crippen molar-refractivity contribution in [3.8, 4) is 28.7 Å². The number of aliphatic hydroxyl groups is 2. The van der Waals surface area contributed by atoms with Gasteiger partial charge in [-0.05, 0) is 29.8 Å². The molecule has 0 saturated heterocycles. The van der Waals surface area contributed by atoms with Gasteiger partial charge in [0.25, 0.3) is 0 Å². The fourth-order valence-corrected chi connectivity index (χ4v) is 2.20. The molecular formula is C17H20O7. The van der Waals surface area contributed by atoms with Gasteiger partial charge in [-0.1, -0.05) is 6.07 Å². The molecule has 0 aliphatic rings. The summed E-state index contributed by atoms with van der Waals surface area (Å²) in [6.45, 7) is -0.451. The smallest absolute Gasteiger partial charge is 0.164 e. The minimum absolute atomic E-state index is 0.0470. The molecule has 2 aromatic carbocycles. The fraction of sp³-hybridized carbons (Fsp3) is 0.294. The maximum absolute atomic E-state index is 10.4. The van der Waals surface area contributed by atoms with Crippen LogP contribution < -0.4 is 14.2 Å². The van der Waals surface area contributed by atoms with Crippen LogP contribution >= 0.6 is 0 Å². The molecule has 0 aliphatic carbocycles. The van der Waals surface area contributed by atoms with Gasteiger partial charge in [-0.15, -0.1) is 0 Å². The maximum Gasteiger partial charge on any atom is 0.164 e. The average Bonchev–Trinajstić information content (AvgIpc) is 2.60. The third kappa shape index (κ3) is 3.81. The van der Waals surface area contributed by atoms with Crippen molar-refractivity contribution in [2.75, 3.05) is 20.8 Å². The maximum atomic E-state index is 10.4. The molecule has 0 amide bonds. The van der Waals surface area contributed by atoms with E-state index in [9.17, 15) is 20.4 Å². The number of rotatable bonds is 7. The van der Waals surface area contributed by atoms with Gasteiger partial charge in [0.1, 0.15) is 11.9 Å². The Labute approximate surface area is 139 Å². The minimum atomic E-state index is -1.16. The van der Waals surface area contributed by atoms with Crippen molar-refractivity contribution in [1.82, 2.24) is 0 Å². The molecule has 7 nitrogen and oxygen atoms in total. The zero-order valence-corrected chi connectivity index (χ0v) is 13.3. The number of phenols is 2. The number of phenolic OH excluding ortho intramolecular Hbond substituents is 2. The third-order valence-electron chi connectivity index (χ3n) is 3.52. The predicted molar refractivity (Wildman–Crippen MR) is 85.8 cm³/mol. The summed E-state index contributed by atoms with van der Waals surface area (Å²) in [5.41, 5.74) is 0.412. The van der Waals surface area contributed by atoms with Crippen LogP contribution in [0.3, 0.4) is 0 Å². The molecule has 2 unspecified atom stereocenters. The summed E-state index contributed by atoms with van der Waals surface area (Å²) in [7, 11) is 2.80. The second-order valence-electron chi connectivity index (χ2n) is 5.05. The predicted octanol–water partition coefficient (Wildman–Crippen LogP) is 1.59. The molecule has 0 saturated carbocycles. The third-order valence-corrected chi connectivity index (χ3v) is 3.52. The zero-order valence-electron chi connectivity index (χ0n) is 13.3. The molecule has 2 rings (SSSR count). The molecule has 0 fully saturated rings. The number of aliphatic hydroxyl groups excluding tert-OH is 2. The Morgan fingerprint density at radius 3 is 2.08 bits per heavy atom. The zero-order chi connectivity index (χ0) is 17.7. The van der Waals surface area contributed by atoms with Crippen molar-refractivity contribution in [1.29, 1.82) is 0 Å². The van der Waals surface area contributed by atoms with Crippen molar-refractivity contribution >= 4 is 0 Å². The van der Waals surface area contributed by atoms with E-state index in [1.54, 1.807) is 0 Å². The summed E-state index contributed by atoms with van der Waals surface area (Å²) in [6, 6.07) is 8.68. The van der Waals surface area contributed by atoms with Crippen LogP contribution in [0.15, 0.2) is 36.4 Å². The lowest BCUT2D eigenvalue weighted by atomic mass is 10.0. The van der Waals surface area contributed by atoms with Crippen LogP contribution in [-0.4, -0.2) is 47.4 Å². The van der Waals surface area contributed by atoms with Crippen LogP contribution in [0.5, 0.6) is 28.7 Å².